The van der Waals surface area contributed by atoms with Gasteiger partial charge in [0, 0.05) is 0 Å². The van der Waals surface area contributed by atoms with Crippen LogP contribution in [0.1, 0.15) is 24.0 Å². The Morgan fingerprint density at radius 1 is 0.421 bits per heavy atom. The molecule has 0 N–H and O–H groups in total. The predicted octanol–water partition coefficient (Wildman–Crippen LogP) is 12.1. The van der Waals surface area contributed by atoms with Gasteiger partial charge in [0.1, 0.15) is 0 Å². The van der Waals surface area contributed by atoms with Crippen molar-refractivity contribution in [2.45, 2.75) is 26.7 Å². The van der Waals surface area contributed by atoms with Crippen molar-refractivity contribution in [2.24, 2.45) is 0 Å². The van der Waals surface area contributed by atoms with Gasteiger partial charge in [0.05, 0.1) is 0 Å². The topological polar surface area (TPSA) is 9.86 Å². The molecule has 0 aliphatic heterocycles. The van der Waals surface area contributed by atoms with Gasteiger partial charge in [-0.25, -0.2) is 0 Å². The van der Waals surface area contributed by atoms with Gasteiger partial charge in [0.15, 0.2) is 0 Å². The number of rotatable bonds is 6. The van der Waals surface area contributed by atoms with Gasteiger partial charge in [-0.15, -0.1) is 0 Å². The summed E-state index contributed by atoms with van der Waals surface area (Å²) in [5.41, 5.74) is -0.180. The van der Waals surface area contributed by atoms with Gasteiger partial charge in [-0.2, -0.15) is 0 Å². The fourth-order valence-electron chi connectivity index (χ4n) is 9.35. The third-order valence-corrected chi connectivity index (χ3v) is 19.8. The average Bonchev–Trinajstić information content (AvgIpc) is 4.07. The Morgan fingerprint density at radius 3 is 1.04 bits per heavy atom. The molecule has 9 heteroatoms. The maximum atomic E-state index is 18.4. The normalized spacial score (nSPS) is 14.2. The zero-order chi connectivity index (χ0) is 39.3. The number of benzene rings is 6. The second kappa shape index (κ2) is 13.1. The first-order valence-corrected chi connectivity index (χ1v) is 21.8. The standard InChI is InChI=1S/2C19H11F3N.2C5H5.Ti/c2*1-11-14(20)10-15(21)19(18(11)22)23-16-8-4-2-6-12(16)13-7-3-5-9-17(13)23;2*1-2-4-5-3-1;/h2*2-9H,1H3;2*1-3H,4H2;. The summed E-state index contributed by atoms with van der Waals surface area (Å²) in [6, 6.07) is 28.6. The van der Waals surface area contributed by atoms with E-state index in [4.69, 9.17) is 0 Å². The van der Waals surface area contributed by atoms with Crippen molar-refractivity contribution in [3.8, 4) is 11.4 Å². The first kappa shape index (κ1) is 35.6. The van der Waals surface area contributed by atoms with Crippen LogP contribution < -0.4 is 7.74 Å². The second-order valence-electron chi connectivity index (χ2n) is 14.7. The van der Waals surface area contributed by atoms with Gasteiger partial charge in [-0.3, -0.25) is 0 Å². The molecule has 2 aliphatic carbocycles. The quantitative estimate of drug-likeness (QED) is 0.117. The molecule has 0 spiro atoms. The number of aromatic nitrogens is 2. The second-order valence-corrected chi connectivity index (χ2v) is 20.6. The van der Waals surface area contributed by atoms with E-state index in [1.54, 1.807) is 85.0 Å². The molecule has 0 atom stereocenters. The zero-order valence-electron chi connectivity index (χ0n) is 30.8. The molecule has 0 bridgehead atoms. The number of hydrogen-bond acceptors (Lipinski definition) is 0. The molecular weight excluding hydrogens is 766 g/mol. The minimum atomic E-state index is -5.64. The SMILES string of the molecule is Cc1c(F)c(-n2c3ccccc3c3ccccc32)c(F)[c]([Ti]([C]2=CC=CC2)([C]2=CC=CC2)[c]2c(F)c(C)c(F)c(-n3c4ccccc4c4ccccc43)c2F)c1F. The molecule has 0 saturated heterocycles. The molecule has 0 unspecified atom stereocenters. The Labute approximate surface area is 327 Å². The summed E-state index contributed by atoms with van der Waals surface area (Å²) in [6.07, 6.45) is 10.6. The van der Waals surface area contributed by atoms with Gasteiger partial charge in [0.2, 0.25) is 0 Å². The van der Waals surface area contributed by atoms with Crippen LogP contribution in [0.2, 0.25) is 0 Å². The molecule has 0 fully saturated rings. The molecule has 0 amide bonds. The van der Waals surface area contributed by atoms with Crippen molar-refractivity contribution in [1.82, 2.24) is 9.13 Å². The molecule has 57 heavy (non-hydrogen) atoms. The molecule has 8 aromatic rings. The Kier molecular flexibility index (Phi) is 8.19. The van der Waals surface area contributed by atoms with Crippen LogP contribution in [-0.2, 0) is 16.6 Å². The number of nitrogens with zero attached hydrogens (tertiary/aromatic N) is 2. The first-order chi connectivity index (χ1) is 27.7. The molecule has 2 heterocycles. The van der Waals surface area contributed by atoms with Crippen molar-refractivity contribution in [2.75, 3.05) is 0 Å². The van der Waals surface area contributed by atoms with Gasteiger partial charge in [0.25, 0.3) is 0 Å². The first-order valence-electron chi connectivity index (χ1n) is 18.7. The fraction of sp³-hybridized carbons (Fsp3) is 0.0833. The number of halogens is 6. The summed E-state index contributed by atoms with van der Waals surface area (Å²) in [5.74, 6) is -7.18. The Bertz CT molecular complexity index is 2860. The summed E-state index contributed by atoms with van der Waals surface area (Å²) in [6.45, 7) is 2.46. The maximum absolute atomic E-state index is 18.4. The summed E-state index contributed by atoms with van der Waals surface area (Å²) in [5, 5.41) is 2.87. The molecular formula is C48H32F6N2Ti. The van der Waals surface area contributed by atoms with E-state index < -0.39 is 81.7 Å². The molecule has 6 aromatic carbocycles. The van der Waals surface area contributed by atoms with Crippen molar-refractivity contribution < 1.29 is 42.9 Å². The van der Waals surface area contributed by atoms with E-state index in [0.29, 0.717) is 29.8 Å². The third-order valence-electron chi connectivity index (χ3n) is 11.9. The van der Waals surface area contributed by atoms with E-state index in [1.165, 1.54) is 23.0 Å². The number of allylic oxidation sites excluding steroid dienone is 8. The van der Waals surface area contributed by atoms with Crippen molar-refractivity contribution in [3.05, 3.63) is 187 Å². The molecule has 280 valence electrons. The van der Waals surface area contributed by atoms with Crippen LogP contribution in [0.5, 0.6) is 0 Å². The average molecular weight is 799 g/mol. The Balaban J connectivity index is 1.40. The van der Waals surface area contributed by atoms with Crippen LogP contribution in [0, 0.1) is 48.8 Å². The van der Waals surface area contributed by atoms with E-state index >= 15 is 26.3 Å². The molecule has 10 rings (SSSR count). The van der Waals surface area contributed by atoms with Crippen LogP contribution in [0.4, 0.5) is 26.3 Å². The van der Waals surface area contributed by atoms with E-state index in [1.807, 2.05) is 48.5 Å². The van der Waals surface area contributed by atoms with Gasteiger partial charge >= 0.3 is 329 Å². The van der Waals surface area contributed by atoms with E-state index in [2.05, 4.69) is 0 Å². The van der Waals surface area contributed by atoms with Crippen LogP contribution in [-0.4, -0.2) is 9.13 Å². The minimum absolute atomic E-state index is 0.136. The zero-order valence-corrected chi connectivity index (χ0v) is 32.3. The van der Waals surface area contributed by atoms with Crippen LogP contribution in [0.15, 0.2) is 141 Å². The summed E-state index contributed by atoms with van der Waals surface area (Å²) in [4.78, 5) is 0. The van der Waals surface area contributed by atoms with E-state index in [9.17, 15) is 0 Å². The molecule has 2 aliphatic rings. The third kappa shape index (κ3) is 4.77. The van der Waals surface area contributed by atoms with E-state index in [-0.39, 0.29) is 12.8 Å². The number of hydrogen-bond donors (Lipinski definition) is 0. The number of fused-ring (bicyclic) bond motifs is 6. The van der Waals surface area contributed by atoms with Crippen molar-refractivity contribution in [3.63, 3.8) is 0 Å². The Morgan fingerprint density at radius 2 is 0.737 bits per heavy atom. The molecule has 0 radical (unpaired) electrons. The van der Waals surface area contributed by atoms with E-state index in [0.717, 1.165) is 21.5 Å². The van der Waals surface area contributed by atoms with Gasteiger partial charge in [-0.05, 0) is 0 Å². The molecule has 0 saturated carbocycles. The summed E-state index contributed by atoms with van der Waals surface area (Å²) in [7, 11) is 0. The van der Waals surface area contributed by atoms with Crippen LogP contribution >= 0.6 is 0 Å². The molecule has 2 nitrogen and oxygen atoms in total. The number of para-hydroxylation sites is 4. The summed E-state index contributed by atoms with van der Waals surface area (Å²) < 4.78 is 109. The van der Waals surface area contributed by atoms with Crippen LogP contribution in [0.3, 0.4) is 0 Å². The molecule has 2 aromatic heterocycles. The fourth-order valence-corrected chi connectivity index (χ4v) is 17.8. The van der Waals surface area contributed by atoms with Crippen LogP contribution in [0.25, 0.3) is 55.0 Å². The Hall–Kier alpha value is -5.83. The summed E-state index contributed by atoms with van der Waals surface area (Å²) >= 11 is -5.64. The monoisotopic (exact) mass is 798 g/mol. The predicted molar refractivity (Wildman–Crippen MR) is 214 cm³/mol. The van der Waals surface area contributed by atoms with Gasteiger partial charge < -0.3 is 0 Å². The van der Waals surface area contributed by atoms with Crippen molar-refractivity contribution >= 4 is 51.3 Å². The van der Waals surface area contributed by atoms with Crippen molar-refractivity contribution in [1.29, 1.82) is 0 Å². The van der Waals surface area contributed by atoms with Gasteiger partial charge in [-0.1, -0.05) is 0 Å².